The van der Waals surface area contributed by atoms with Gasteiger partial charge in [-0.15, -0.1) is 0 Å². The average Bonchev–Trinajstić information content (AvgIpc) is 2.17. The van der Waals surface area contributed by atoms with Gasteiger partial charge in [0.15, 0.2) is 0 Å². The first-order chi connectivity index (χ1) is 6.99. The largest absolute Gasteiger partial charge is 0.365 e. The number of hydrogen-bond donors (Lipinski definition) is 0. The van der Waals surface area contributed by atoms with E-state index in [0.717, 1.165) is 5.56 Å². The van der Waals surface area contributed by atoms with E-state index in [-0.39, 0.29) is 10.7 Å². The van der Waals surface area contributed by atoms with Crippen molar-refractivity contribution in [3.05, 3.63) is 35.9 Å². The Balaban J connectivity index is 2.38. The van der Waals surface area contributed by atoms with Crippen LogP contribution in [0.15, 0.2) is 30.3 Å². The fourth-order valence-electron chi connectivity index (χ4n) is 0.917. The molecule has 0 fully saturated rings. The molecule has 0 aliphatic carbocycles. The predicted octanol–water partition coefficient (Wildman–Crippen LogP) is 3.33. The van der Waals surface area contributed by atoms with Crippen LogP contribution in [0.3, 0.4) is 0 Å². The minimum absolute atomic E-state index is 0.0554. The summed E-state index contributed by atoms with van der Waals surface area (Å²) in [5.74, 6) is 0.400. The molecular weight excluding hydrogens is 208 g/mol. The van der Waals surface area contributed by atoms with Gasteiger partial charge < -0.3 is 4.74 Å². The van der Waals surface area contributed by atoms with E-state index in [9.17, 15) is 4.79 Å². The molecule has 0 atom stereocenters. The van der Waals surface area contributed by atoms with Gasteiger partial charge in [0.2, 0.25) is 5.12 Å². The van der Waals surface area contributed by atoms with Crippen LogP contribution in [0.2, 0.25) is 0 Å². The lowest BCUT2D eigenvalue weighted by atomic mass is 10.2. The minimum Gasteiger partial charge on any atom is -0.365 e. The number of ether oxygens (including phenoxy) is 1. The van der Waals surface area contributed by atoms with Crippen LogP contribution in [-0.2, 0) is 4.74 Å². The van der Waals surface area contributed by atoms with Crippen molar-refractivity contribution in [1.29, 1.82) is 0 Å². The summed E-state index contributed by atoms with van der Waals surface area (Å²) in [7, 11) is 0. The molecule has 0 unspecified atom stereocenters. The van der Waals surface area contributed by atoms with E-state index in [2.05, 4.69) is 0 Å². The lowest BCUT2D eigenvalue weighted by Gasteiger charge is -2.18. The van der Waals surface area contributed by atoms with Gasteiger partial charge in [-0.1, -0.05) is 42.1 Å². The smallest absolute Gasteiger partial charge is 0.221 e. The van der Waals surface area contributed by atoms with E-state index in [1.54, 1.807) is 0 Å². The maximum Gasteiger partial charge on any atom is 0.221 e. The molecule has 0 saturated heterocycles. The molecule has 0 amide bonds. The van der Waals surface area contributed by atoms with Crippen LogP contribution in [0.4, 0.5) is 0 Å². The molecule has 1 aromatic carbocycles. The van der Waals surface area contributed by atoms with Gasteiger partial charge in [-0.25, -0.2) is 0 Å². The van der Waals surface area contributed by atoms with Crippen molar-refractivity contribution >= 4 is 16.9 Å². The van der Waals surface area contributed by atoms with E-state index < -0.39 is 0 Å². The van der Waals surface area contributed by atoms with Crippen molar-refractivity contribution in [2.75, 3.05) is 5.94 Å². The number of rotatable bonds is 3. The van der Waals surface area contributed by atoms with Gasteiger partial charge in [0.1, 0.15) is 5.94 Å². The fraction of sp³-hybridized carbons (Fsp3) is 0.417. The quantitative estimate of drug-likeness (QED) is 0.737. The Bertz CT molecular complexity index is 314. The fourth-order valence-corrected chi connectivity index (χ4v) is 1.74. The Morgan fingerprint density at radius 1 is 1.27 bits per heavy atom. The molecule has 0 radical (unpaired) electrons. The van der Waals surface area contributed by atoms with Crippen LogP contribution in [0.25, 0.3) is 0 Å². The molecule has 0 aliphatic rings. The Hall–Kier alpha value is -0.800. The highest BCUT2D eigenvalue weighted by Crippen LogP contribution is 2.16. The highest BCUT2D eigenvalue weighted by molar-refractivity contribution is 8.14. The van der Waals surface area contributed by atoms with Gasteiger partial charge in [-0.3, -0.25) is 4.79 Å². The summed E-state index contributed by atoms with van der Waals surface area (Å²) in [5, 5.41) is 0.0554. The molecule has 0 bridgehead atoms. The summed E-state index contributed by atoms with van der Waals surface area (Å²) >= 11 is 1.20. The van der Waals surface area contributed by atoms with Gasteiger partial charge in [0.05, 0.1) is 5.60 Å². The Labute approximate surface area is 95.0 Å². The minimum atomic E-state index is -0.191. The first-order valence-corrected chi connectivity index (χ1v) is 5.84. The first-order valence-electron chi connectivity index (χ1n) is 4.85. The molecule has 0 saturated carbocycles. The van der Waals surface area contributed by atoms with Crippen LogP contribution < -0.4 is 0 Å². The Kier molecular flexibility index (Phi) is 4.36. The zero-order valence-corrected chi connectivity index (χ0v) is 10.1. The number of carbonyl (C=O) groups is 1. The summed E-state index contributed by atoms with van der Waals surface area (Å²) in [5.41, 5.74) is 0.532. The summed E-state index contributed by atoms with van der Waals surface area (Å²) in [6.07, 6.45) is 0. The van der Waals surface area contributed by atoms with Crippen molar-refractivity contribution in [2.24, 2.45) is 0 Å². The number of thioether (sulfide) groups is 1. The number of hydrogen-bond acceptors (Lipinski definition) is 3. The van der Waals surface area contributed by atoms with Crippen LogP contribution in [0.1, 0.15) is 31.1 Å². The predicted molar refractivity (Wildman–Crippen MR) is 64.1 cm³/mol. The molecule has 0 aromatic heterocycles. The second-order valence-corrected chi connectivity index (χ2v) is 5.07. The monoisotopic (exact) mass is 224 g/mol. The van der Waals surface area contributed by atoms with E-state index in [4.69, 9.17) is 4.74 Å². The maximum atomic E-state index is 11.6. The average molecular weight is 224 g/mol. The van der Waals surface area contributed by atoms with E-state index in [1.807, 2.05) is 51.1 Å². The molecule has 0 spiro atoms. The van der Waals surface area contributed by atoms with Gasteiger partial charge in [0.25, 0.3) is 0 Å². The van der Waals surface area contributed by atoms with Crippen molar-refractivity contribution in [3.8, 4) is 0 Å². The molecule has 1 aromatic rings. The van der Waals surface area contributed by atoms with E-state index >= 15 is 0 Å². The molecule has 0 N–H and O–H groups in total. The summed E-state index contributed by atoms with van der Waals surface area (Å²) in [6.45, 7) is 5.92. The van der Waals surface area contributed by atoms with Crippen molar-refractivity contribution in [2.45, 2.75) is 26.4 Å². The second kappa shape index (κ2) is 5.33. The zero-order chi connectivity index (χ0) is 11.3. The third-order valence-electron chi connectivity index (χ3n) is 1.69. The lowest BCUT2D eigenvalue weighted by molar-refractivity contribution is 0.0288. The molecule has 3 heteroatoms. The summed E-state index contributed by atoms with van der Waals surface area (Å²) < 4.78 is 5.46. The third kappa shape index (κ3) is 5.00. The molecular formula is C12H16O2S. The zero-order valence-electron chi connectivity index (χ0n) is 9.32. The lowest BCUT2D eigenvalue weighted by Crippen LogP contribution is -2.19. The maximum absolute atomic E-state index is 11.6. The topological polar surface area (TPSA) is 26.3 Å². The highest BCUT2D eigenvalue weighted by Gasteiger charge is 2.12. The summed E-state index contributed by atoms with van der Waals surface area (Å²) in [6, 6.07) is 9.24. The van der Waals surface area contributed by atoms with Crippen molar-refractivity contribution in [3.63, 3.8) is 0 Å². The van der Waals surface area contributed by atoms with Gasteiger partial charge in [-0.05, 0) is 20.8 Å². The molecule has 0 aliphatic heterocycles. The standard InChI is InChI=1S/C12H16O2S/c1-12(2,3)14-9-15-11(13)10-7-5-4-6-8-10/h4-8H,9H2,1-3H3. The highest BCUT2D eigenvalue weighted by atomic mass is 32.2. The Morgan fingerprint density at radius 2 is 1.87 bits per heavy atom. The van der Waals surface area contributed by atoms with Crippen LogP contribution in [0.5, 0.6) is 0 Å². The third-order valence-corrected chi connectivity index (χ3v) is 2.43. The molecule has 82 valence electrons. The van der Waals surface area contributed by atoms with Gasteiger partial charge >= 0.3 is 0 Å². The number of carbonyl (C=O) groups excluding carboxylic acids is 1. The second-order valence-electron chi connectivity index (χ2n) is 4.17. The molecule has 15 heavy (non-hydrogen) atoms. The number of benzene rings is 1. The van der Waals surface area contributed by atoms with Crippen LogP contribution >= 0.6 is 11.8 Å². The molecule has 1 rings (SSSR count). The van der Waals surface area contributed by atoms with Crippen molar-refractivity contribution in [1.82, 2.24) is 0 Å². The Morgan fingerprint density at radius 3 is 2.40 bits per heavy atom. The first kappa shape index (κ1) is 12.3. The molecule has 0 heterocycles. The normalized spacial score (nSPS) is 11.4. The van der Waals surface area contributed by atoms with Gasteiger partial charge in [-0.2, -0.15) is 0 Å². The van der Waals surface area contributed by atoms with Gasteiger partial charge in [0, 0.05) is 5.56 Å². The summed E-state index contributed by atoms with van der Waals surface area (Å²) in [4.78, 5) is 11.6. The van der Waals surface area contributed by atoms with Crippen molar-refractivity contribution < 1.29 is 9.53 Å². The molecule has 2 nitrogen and oxygen atoms in total. The van der Waals surface area contributed by atoms with E-state index in [1.165, 1.54) is 11.8 Å². The van der Waals surface area contributed by atoms with E-state index in [0.29, 0.717) is 5.94 Å². The van der Waals surface area contributed by atoms with Crippen LogP contribution in [0, 0.1) is 0 Å². The van der Waals surface area contributed by atoms with Crippen LogP contribution in [-0.4, -0.2) is 16.7 Å². The SMILES string of the molecule is CC(C)(C)OCSC(=O)c1ccccc1.